The number of benzene rings is 1. The van der Waals surface area contributed by atoms with Gasteiger partial charge >= 0.3 is 5.63 Å². The maximum absolute atomic E-state index is 11.7. The Morgan fingerprint density at radius 1 is 1.33 bits per heavy atom. The molecule has 5 heteroatoms. The van der Waals surface area contributed by atoms with Gasteiger partial charge in [-0.15, -0.1) is 0 Å². The molecule has 3 rings (SSSR count). The van der Waals surface area contributed by atoms with Crippen molar-refractivity contribution >= 4 is 27.7 Å². The summed E-state index contributed by atoms with van der Waals surface area (Å²) in [5.74, 6) is 0.520. The van der Waals surface area contributed by atoms with E-state index in [0.29, 0.717) is 29.1 Å². The van der Waals surface area contributed by atoms with E-state index in [1.54, 1.807) is 6.92 Å². The molecule has 0 saturated carbocycles. The molecule has 108 valence electrons. The highest BCUT2D eigenvalue weighted by atomic mass is 16.4. The normalized spacial score (nSPS) is 12.4. The van der Waals surface area contributed by atoms with Crippen LogP contribution in [0.5, 0.6) is 0 Å². The number of hydrogen-bond acceptors (Lipinski definition) is 5. The Hall–Kier alpha value is -2.56. The highest BCUT2D eigenvalue weighted by molar-refractivity contribution is 6.10. The quantitative estimate of drug-likeness (QED) is 0.338. The van der Waals surface area contributed by atoms with E-state index < -0.39 is 0 Å². The molecule has 0 bridgehead atoms. The topological polar surface area (TPSA) is 75.9 Å². The van der Waals surface area contributed by atoms with Crippen LogP contribution in [0.4, 0.5) is 0 Å². The number of furan rings is 1. The summed E-state index contributed by atoms with van der Waals surface area (Å²) in [4.78, 5) is 11.7. The molecule has 0 spiro atoms. The largest absolute Gasteiger partial charge is 0.454 e. The molecule has 0 aliphatic heterocycles. The van der Waals surface area contributed by atoms with E-state index in [1.165, 1.54) is 6.07 Å². The molecule has 0 unspecified atom stereocenters. The fraction of sp³-hybridized carbons (Fsp3) is 0.250. The number of hydrogen-bond donors (Lipinski definition) is 1. The summed E-state index contributed by atoms with van der Waals surface area (Å²) in [7, 11) is 0. The lowest BCUT2D eigenvalue weighted by molar-refractivity contribution is 0.318. The van der Waals surface area contributed by atoms with Gasteiger partial charge in [0.25, 0.3) is 0 Å². The van der Waals surface area contributed by atoms with E-state index in [0.717, 1.165) is 21.9 Å². The van der Waals surface area contributed by atoms with Gasteiger partial charge in [0.2, 0.25) is 0 Å². The summed E-state index contributed by atoms with van der Waals surface area (Å²) in [6.45, 7) is 5.52. The Morgan fingerprint density at radius 2 is 2.10 bits per heavy atom. The summed E-state index contributed by atoms with van der Waals surface area (Å²) < 4.78 is 11.2. The average molecular weight is 285 g/mol. The fourth-order valence-electron chi connectivity index (χ4n) is 2.70. The maximum atomic E-state index is 11.7. The maximum Gasteiger partial charge on any atom is 0.336 e. The van der Waals surface area contributed by atoms with Gasteiger partial charge < -0.3 is 14.0 Å². The second kappa shape index (κ2) is 4.77. The van der Waals surface area contributed by atoms with Gasteiger partial charge in [0.1, 0.15) is 16.9 Å². The summed E-state index contributed by atoms with van der Waals surface area (Å²) in [6, 6.07) is 5.19. The Bertz CT molecular complexity index is 931. The number of oxime groups is 1. The molecule has 5 nitrogen and oxygen atoms in total. The minimum atomic E-state index is -0.384. The average Bonchev–Trinajstić information content (AvgIpc) is 2.85. The van der Waals surface area contributed by atoms with Crippen LogP contribution in [0.3, 0.4) is 0 Å². The third-order valence-corrected chi connectivity index (χ3v) is 3.70. The van der Waals surface area contributed by atoms with Gasteiger partial charge in [-0.25, -0.2) is 4.79 Å². The van der Waals surface area contributed by atoms with Gasteiger partial charge in [-0.2, -0.15) is 0 Å². The fourth-order valence-corrected chi connectivity index (χ4v) is 2.70. The van der Waals surface area contributed by atoms with Crippen LogP contribution < -0.4 is 5.63 Å². The van der Waals surface area contributed by atoms with E-state index in [4.69, 9.17) is 14.0 Å². The van der Waals surface area contributed by atoms with Crippen molar-refractivity contribution in [3.8, 4) is 0 Å². The van der Waals surface area contributed by atoms with E-state index in [-0.39, 0.29) is 5.63 Å². The van der Waals surface area contributed by atoms with E-state index >= 15 is 0 Å². The second-order valence-electron chi connectivity index (χ2n) is 5.01. The van der Waals surface area contributed by atoms with Gasteiger partial charge in [-0.05, 0) is 38.0 Å². The zero-order valence-corrected chi connectivity index (χ0v) is 12.1. The van der Waals surface area contributed by atoms with Gasteiger partial charge in [-0.3, -0.25) is 0 Å². The monoisotopic (exact) mass is 285 g/mol. The number of aryl methyl sites for hydroxylation is 2. The molecule has 0 aliphatic rings. The van der Waals surface area contributed by atoms with Crippen LogP contribution in [-0.2, 0) is 6.42 Å². The highest BCUT2D eigenvalue weighted by Crippen LogP contribution is 2.33. The van der Waals surface area contributed by atoms with Gasteiger partial charge in [0.05, 0.1) is 5.39 Å². The molecule has 3 aromatic rings. The summed E-state index contributed by atoms with van der Waals surface area (Å²) in [5, 5.41) is 13.8. The van der Waals surface area contributed by atoms with Crippen LogP contribution in [0.25, 0.3) is 21.9 Å². The van der Waals surface area contributed by atoms with E-state index in [9.17, 15) is 4.79 Å². The Balaban J connectivity index is 2.55. The predicted octanol–water partition coefficient (Wildman–Crippen LogP) is 3.61. The van der Waals surface area contributed by atoms with Gasteiger partial charge in [0, 0.05) is 17.0 Å². The molecule has 0 radical (unpaired) electrons. The number of rotatable bonds is 2. The molecular weight excluding hydrogens is 270 g/mol. The van der Waals surface area contributed by atoms with Gasteiger partial charge in [-0.1, -0.05) is 12.1 Å². The first-order valence-corrected chi connectivity index (χ1v) is 6.74. The first-order chi connectivity index (χ1) is 10.1. The molecule has 0 amide bonds. The van der Waals surface area contributed by atoms with Crippen LogP contribution in [0.2, 0.25) is 0 Å². The molecule has 0 fully saturated rings. The first-order valence-electron chi connectivity index (χ1n) is 6.74. The lowest BCUT2D eigenvalue weighted by atomic mass is 10.0. The standard InChI is InChI=1S/C16H15NO4/c1-4-10-14-12(20-15(10)9(3)17-19)6-5-11-8(2)7-13(18)21-16(11)14/h5-7,19H,4H2,1-3H3/b17-9+. The summed E-state index contributed by atoms with van der Waals surface area (Å²) >= 11 is 0. The van der Waals surface area contributed by atoms with Crippen LogP contribution in [0.1, 0.15) is 30.7 Å². The van der Waals surface area contributed by atoms with Crippen LogP contribution in [0, 0.1) is 6.92 Å². The molecule has 21 heavy (non-hydrogen) atoms. The van der Waals surface area contributed by atoms with Crippen LogP contribution in [0.15, 0.2) is 37.0 Å². The first kappa shape index (κ1) is 13.4. The Labute approximate surface area is 120 Å². The van der Waals surface area contributed by atoms with Crippen molar-refractivity contribution in [2.75, 3.05) is 0 Å². The predicted molar refractivity (Wildman–Crippen MR) is 80.4 cm³/mol. The smallest absolute Gasteiger partial charge is 0.336 e. The third kappa shape index (κ3) is 1.93. The van der Waals surface area contributed by atoms with Crippen molar-refractivity contribution in [1.82, 2.24) is 0 Å². The zero-order chi connectivity index (χ0) is 15.1. The second-order valence-corrected chi connectivity index (χ2v) is 5.01. The van der Waals surface area contributed by atoms with Crippen molar-refractivity contribution in [2.24, 2.45) is 5.16 Å². The van der Waals surface area contributed by atoms with Crippen molar-refractivity contribution in [3.05, 3.63) is 45.5 Å². The Morgan fingerprint density at radius 3 is 2.76 bits per heavy atom. The molecule has 0 saturated heterocycles. The lowest BCUT2D eigenvalue weighted by Crippen LogP contribution is -1.99. The van der Waals surface area contributed by atoms with E-state index in [2.05, 4.69) is 5.16 Å². The van der Waals surface area contributed by atoms with Crippen molar-refractivity contribution < 1.29 is 14.0 Å². The molecule has 1 N–H and O–H groups in total. The summed E-state index contributed by atoms with van der Waals surface area (Å²) in [6.07, 6.45) is 0.673. The SMILES string of the molecule is CCc1c(/C(C)=N/O)oc2ccc3c(C)cc(=O)oc3c12. The minimum absolute atomic E-state index is 0.384. The highest BCUT2D eigenvalue weighted by Gasteiger charge is 2.19. The van der Waals surface area contributed by atoms with Crippen molar-refractivity contribution in [3.63, 3.8) is 0 Å². The molecule has 0 atom stereocenters. The zero-order valence-electron chi connectivity index (χ0n) is 12.1. The summed E-state index contributed by atoms with van der Waals surface area (Å²) in [5.41, 5.74) is 2.89. The molecule has 2 heterocycles. The third-order valence-electron chi connectivity index (χ3n) is 3.70. The number of fused-ring (bicyclic) bond motifs is 3. The van der Waals surface area contributed by atoms with Crippen molar-refractivity contribution in [1.29, 1.82) is 0 Å². The molecule has 1 aromatic carbocycles. The van der Waals surface area contributed by atoms with Crippen LogP contribution >= 0.6 is 0 Å². The molecule has 2 aromatic heterocycles. The number of nitrogens with zero attached hydrogens (tertiary/aromatic N) is 1. The Kier molecular flexibility index (Phi) is 3.05. The van der Waals surface area contributed by atoms with E-state index in [1.807, 2.05) is 26.0 Å². The minimum Gasteiger partial charge on any atom is -0.454 e. The van der Waals surface area contributed by atoms with Gasteiger partial charge in [0.15, 0.2) is 5.76 Å². The lowest BCUT2D eigenvalue weighted by Gasteiger charge is -2.02. The van der Waals surface area contributed by atoms with Crippen molar-refractivity contribution in [2.45, 2.75) is 27.2 Å². The molecular formula is C16H15NO4. The molecule has 0 aliphatic carbocycles. The van der Waals surface area contributed by atoms with Crippen LogP contribution in [-0.4, -0.2) is 10.9 Å².